The van der Waals surface area contributed by atoms with Gasteiger partial charge in [-0.15, -0.1) is 0 Å². The molecule has 1 aliphatic rings. The van der Waals surface area contributed by atoms with Crippen molar-refractivity contribution >= 4 is 12.4 Å². The third-order valence-corrected chi connectivity index (χ3v) is 2.37. The summed E-state index contributed by atoms with van der Waals surface area (Å²) in [6, 6.07) is 1.73. The van der Waals surface area contributed by atoms with Crippen molar-refractivity contribution in [2.75, 3.05) is 21.0 Å². The van der Waals surface area contributed by atoms with Crippen molar-refractivity contribution in [3.8, 4) is 23.0 Å². The number of rotatable bonds is 4. The van der Waals surface area contributed by atoms with Gasteiger partial charge in [-0.3, -0.25) is 4.79 Å². The van der Waals surface area contributed by atoms with E-state index in [0.29, 0.717) is 34.8 Å². The van der Waals surface area contributed by atoms with Crippen molar-refractivity contribution in [3.63, 3.8) is 0 Å². The topological polar surface area (TPSA) is 54.0 Å². The minimum atomic E-state index is 0.128. The lowest BCUT2D eigenvalue weighted by Gasteiger charge is -2.11. The molecule has 2 rings (SSSR count). The first-order chi connectivity index (χ1) is 8.31. The highest BCUT2D eigenvalue weighted by molar-refractivity contribution is 5.79. The van der Waals surface area contributed by atoms with Crippen LogP contribution in [-0.4, -0.2) is 27.3 Å². The molecule has 0 bridgehead atoms. The second-order valence-corrected chi connectivity index (χ2v) is 3.26. The lowest BCUT2D eigenvalue weighted by molar-refractivity contribution is -0.104. The third kappa shape index (κ3) is 1.91. The molecule has 0 aromatic heterocycles. The Morgan fingerprint density at radius 3 is 2.65 bits per heavy atom. The fourth-order valence-electron chi connectivity index (χ4n) is 1.66. The lowest BCUT2D eigenvalue weighted by atomic mass is 10.1. The predicted octanol–water partition coefficient (Wildman–Crippen LogP) is 1.64. The standard InChI is InChI=1S/C12H12O5/c1-14-9-6-8(4-3-5-13)10(15-2)12-11(9)16-7-17-12/h3-6H,7H2,1-2H3. The molecule has 1 aromatic rings. The molecule has 0 radical (unpaired) electrons. The van der Waals surface area contributed by atoms with Crippen LogP contribution in [0.25, 0.3) is 6.08 Å². The Kier molecular flexibility index (Phi) is 3.18. The number of aldehydes is 1. The maximum Gasteiger partial charge on any atom is 0.231 e. The van der Waals surface area contributed by atoms with Crippen LogP contribution in [-0.2, 0) is 4.79 Å². The van der Waals surface area contributed by atoms with Gasteiger partial charge < -0.3 is 18.9 Å². The number of carbonyl (C=O) groups excluding carboxylic acids is 1. The van der Waals surface area contributed by atoms with Gasteiger partial charge in [0.1, 0.15) is 6.29 Å². The molecule has 0 saturated carbocycles. The highest BCUT2D eigenvalue weighted by atomic mass is 16.7. The number of fused-ring (bicyclic) bond motifs is 1. The molecular formula is C12H12O5. The lowest BCUT2D eigenvalue weighted by Crippen LogP contribution is -1.94. The van der Waals surface area contributed by atoms with Gasteiger partial charge in [-0.05, 0) is 18.2 Å². The van der Waals surface area contributed by atoms with Crippen molar-refractivity contribution in [3.05, 3.63) is 17.7 Å². The number of allylic oxidation sites excluding steroid dienone is 1. The van der Waals surface area contributed by atoms with Gasteiger partial charge in [-0.25, -0.2) is 0 Å². The summed E-state index contributed by atoms with van der Waals surface area (Å²) in [4.78, 5) is 10.4. The van der Waals surface area contributed by atoms with E-state index in [-0.39, 0.29) is 6.79 Å². The highest BCUT2D eigenvalue weighted by Gasteiger charge is 2.26. The molecule has 5 heteroatoms. The summed E-state index contributed by atoms with van der Waals surface area (Å²) in [7, 11) is 3.07. The number of ether oxygens (including phenoxy) is 4. The molecule has 0 unspecified atom stereocenters. The Morgan fingerprint density at radius 1 is 1.24 bits per heavy atom. The van der Waals surface area contributed by atoms with E-state index in [1.165, 1.54) is 20.3 Å². The van der Waals surface area contributed by atoms with Crippen LogP contribution in [0.15, 0.2) is 12.1 Å². The van der Waals surface area contributed by atoms with Gasteiger partial charge in [-0.2, -0.15) is 0 Å². The first-order valence-electron chi connectivity index (χ1n) is 4.98. The van der Waals surface area contributed by atoms with Gasteiger partial charge in [0.05, 0.1) is 14.2 Å². The average Bonchev–Trinajstić information content (AvgIpc) is 2.83. The molecule has 0 N–H and O–H groups in total. The number of hydrogen-bond donors (Lipinski definition) is 0. The van der Waals surface area contributed by atoms with Gasteiger partial charge in [0.2, 0.25) is 18.3 Å². The molecule has 0 atom stereocenters. The Hall–Kier alpha value is -2.17. The third-order valence-electron chi connectivity index (χ3n) is 2.37. The summed E-state index contributed by atoms with van der Waals surface area (Å²) in [5, 5.41) is 0. The van der Waals surface area contributed by atoms with E-state index in [9.17, 15) is 4.79 Å². The number of benzene rings is 1. The van der Waals surface area contributed by atoms with Gasteiger partial charge in [-0.1, -0.05) is 0 Å². The van der Waals surface area contributed by atoms with Gasteiger partial charge in [0, 0.05) is 5.56 Å². The van der Waals surface area contributed by atoms with Crippen molar-refractivity contribution in [2.45, 2.75) is 0 Å². The summed E-state index contributed by atoms with van der Waals surface area (Å²) >= 11 is 0. The largest absolute Gasteiger partial charge is 0.493 e. The van der Waals surface area contributed by atoms with E-state index in [4.69, 9.17) is 18.9 Å². The van der Waals surface area contributed by atoms with Crippen LogP contribution in [0, 0.1) is 0 Å². The summed E-state index contributed by atoms with van der Waals surface area (Å²) in [5.41, 5.74) is 0.695. The number of methoxy groups -OCH3 is 2. The molecule has 0 amide bonds. The molecule has 1 heterocycles. The van der Waals surface area contributed by atoms with E-state index < -0.39 is 0 Å². The highest BCUT2D eigenvalue weighted by Crippen LogP contribution is 2.49. The zero-order chi connectivity index (χ0) is 12.3. The van der Waals surface area contributed by atoms with Gasteiger partial charge in [0.15, 0.2) is 11.5 Å². The van der Waals surface area contributed by atoms with Crippen LogP contribution >= 0.6 is 0 Å². The smallest absolute Gasteiger partial charge is 0.231 e. The molecule has 90 valence electrons. The fraction of sp³-hybridized carbons (Fsp3) is 0.250. The number of carbonyl (C=O) groups is 1. The maximum atomic E-state index is 10.4. The van der Waals surface area contributed by atoms with Crippen LogP contribution < -0.4 is 18.9 Å². The fourth-order valence-corrected chi connectivity index (χ4v) is 1.66. The molecule has 0 spiro atoms. The second kappa shape index (κ2) is 4.78. The molecule has 0 aliphatic carbocycles. The van der Waals surface area contributed by atoms with Gasteiger partial charge in [0.25, 0.3) is 0 Å². The van der Waals surface area contributed by atoms with E-state index in [2.05, 4.69) is 0 Å². The molecule has 1 aliphatic heterocycles. The van der Waals surface area contributed by atoms with Crippen molar-refractivity contribution in [1.82, 2.24) is 0 Å². The zero-order valence-corrected chi connectivity index (χ0v) is 9.56. The molecule has 0 saturated heterocycles. The normalized spacial score (nSPS) is 12.8. The van der Waals surface area contributed by atoms with Crippen molar-refractivity contribution in [1.29, 1.82) is 0 Å². The maximum absolute atomic E-state index is 10.4. The Balaban J connectivity index is 2.58. The van der Waals surface area contributed by atoms with Crippen LogP contribution in [0.2, 0.25) is 0 Å². The monoisotopic (exact) mass is 236 g/mol. The summed E-state index contributed by atoms with van der Waals surface area (Å²) in [5.74, 6) is 2.09. The first-order valence-corrected chi connectivity index (χ1v) is 4.98. The van der Waals surface area contributed by atoms with Crippen LogP contribution in [0.4, 0.5) is 0 Å². The predicted molar refractivity (Wildman–Crippen MR) is 60.8 cm³/mol. The van der Waals surface area contributed by atoms with E-state index >= 15 is 0 Å². The Bertz CT molecular complexity index is 464. The summed E-state index contributed by atoms with van der Waals surface area (Å²) in [6.07, 6.45) is 3.69. The Morgan fingerprint density at radius 2 is 2.00 bits per heavy atom. The van der Waals surface area contributed by atoms with Gasteiger partial charge >= 0.3 is 0 Å². The first kappa shape index (κ1) is 11.3. The molecule has 1 aromatic carbocycles. The van der Waals surface area contributed by atoms with Crippen LogP contribution in [0.3, 0.4) is 0 Å². The molecule has 5 nitrogen and oxygen atoms in total. The quantitative estimate of drug-likeness (QED) is 0.587. The second-order valence-electron chi connectivity index (χ2n) is 3.26. The zero-order valence-electron chi connectivity index (χ0n) is 9.56. The summed E-state index contributed by atoms with van der Waals surface area (Å²) < 4.78 is 21.1. The molecule has 17 heavy (non-hydrogen) atoms. The summed E-state index contributed by atoms with van der Waals surface area (Å²) in [6.45, 7) is 0.128. The average molecular weight is 236 g/mol. The van der Waals surface area contributed by atoms with Crippen LogP contribution in [0.1, 0.15) is 5.56 Å². The molecular weight excluding hydrogens is 224 g/mol. The minimum Gasteiger partial charge on any atom is -0.493 e. The van der Waals surface area contributed by atoms with E-state index in [1.807, 2.05) is 0 Å². The van der Waals surface area contributed by atoms with Crippen molar-refractivity contribution < 1.29 is 23.7 Å². The van der Waals surface area contributed by atoms with E-state index in [0.717, 1.165) is 0 Å². The SMILES string of the molecule is COc1cc(C=CC=O)c(OC)c2c1OCO2. The van der Waals surface area contributed by atoms with Crippen LogP contribution in [0.5, 0.6) is 23.0 Å². The number of hydrogen-bond acceptors (Lipinski definition) is 5. The van der Waals surface area contributed by atoms with E-state index in [1.54, 1.807) is 12.1 Å². The minimum absolute atomic E-state index is 0.128. The molecule has 0 fully saturated rings. The van der Waals surface area contributed by atoms with Crippen molar-refractivity contribution in [2.24, 2.45) is 0 Å². The Labute approximate surface area is 98.5 Å².